The van der Waals surface area contributed by atoms with Crippen LogP contribution in [0.4, 0.5) is 0 Å². The van der Waals surface area contributed by atoms with Crippen LogP contribution in [0, 0.1) is 18.3 Å². The molecule has 1 N–H and O–H groups in total. The third-order valence-electron chi connectivity index (χ3n) is 4.28. The molecule has 0 saturated carbocycles. The lowest BCUT2D eigenvalue weighted by Gasteiger charge is -2.20. The number of fused-ring (bicyclic) bond motifs is 1. The fraction of sp³-hybridized carbons (Fsp3) is 0.350. The lowest BCUT2D eigenvalue weighted by atomic mass is 9.99. The monoisotopic (exact) mass is 322 g/mol. The Labute approximate surface area is 143 Å². The number of hydrogen-bond acceptors (Lipinski definition) is 4. The second-order valence-electron chi connectivity index (χ2n) is 6.05. The van der Waals surface area contributed by atoms with Crippen LogP contribution in [0.25, 0.3) is 0 Å². The lowest BCUT2D eigenvalue weighted by molar-refractivity contribution is 0.173. The summed E-state index contributed by atoms with van der Waals surface area (Å²) in [5.74, 6) is 1.65. The van der Waals surface area contributed by atoms with Gasteiger partial charge in [0.05, 0.1) is 6.07 Å². The van der Waals surface area contributed by atoms with E-state index in [-0.39, 0.29) is 12.8 Å². The van der Waals surface area contributed by atoms with Gasteiger partial charge in [-0.15, -0.1) is 0 Å². The number of hydrogen-bond donors (Lipinski definition) is 1. The summed E-state index contributed by atoms with van der Waals surface area (Å²) in [5.41, 5.74) is 3.60. The van der Waals surface area contributed by atoms with Gasteiger partial charge in [-0.1, -0.05) is 42.0 Å². The average molecular weight is 322 g/mol. The van der Waals surface area contributed by atoms with E-state index in [4.69, 9.17) is 14.7 Å². The number of nitrogens with one attached hydrogen (secondary N) is 1. The number of para-hydroxylation sites is 1. The van der Waals surface area contributed by atoms with E-state index in [0.29, 0.717) is 13.0 Å². The molecule has 24 heavy (non-hydrogen) atoms. The topological polar surface area (TPSA) is 54.3 Å². The number of unbranched alkanes of at least 4 members (excludes halogenated alkanes) is 1. The van der Waals surface area contributed by atoms with Gasteiger partial charge >= 0.3 is 0 Å². The molecule has 0 spiro atoms. The van der Waals surface area contributed by atoms with Crippen LogP contribution in [-0.4, -0.2) is 6.79 Å². The summed E-state index contributed by atoms with van der Waals surface area (Å²) in [6.07, 6.45) is 2.40. The maximum Gasteiger partial charge on any atom is 0.231 e. The number of nitrogens with zero attached hydrogens (tertiary/aromatic N) is 1. The summed E-state index contributed by atoms with van der Waals surface area (Å²) >= 11 is 0. The highest BCUT2D eigenvalue weighted by molar-refractivity contribution is 5.48. The molecule has 1 atom stereocenters. The van der Waals surface area contributed by atoms with Crippen LogP contribution < -0.4 is 14.8 Å². The number of benzene rings is 2. The first-order valence-electron chi connectivity index (χ1n) is 8.32. The predicted molar refractivity (Wildman–Crippen MR) is 92.8 cm³/mol. The van der Waals surface area contributed by atoms with Crippen LogP contribution >= 0.6 is 0 Å². The van der Waals surface area contributed by atoms with Crippen molar-refractivity contribution in [1.29, 1.82) is 5.26 Å². The van der Waals surface area contributed by atoms with Crippen LogP contribution in [0.1, 0.15) is 42.0 Å². The normalized spacial score (nSPS) is 13.5. The molecular formula is C20H22N2O2. The molecular weight excluding hydrogens is 300 g/mol. The first kappa shape index (κ1) is 16.4. The Balaban J connectivity index is 1.71. The van der Waals surface area contributed by atoms with Crippen molar-refractivity contribution in [1.82, 2.24) is 5.32 Å². The van der Waals surface area contributed by atoms with Crippen molar-refractivity contribution < 1.29 is 9.47 Å². The maximum atomic E-state index is 8.80. The second kappa shape index (κ2) is 7.85. The minimum atomic E-state index is 0.220. The second-order valence-corrected chi connectivity index (χ2v) is 6.05. The Morgan fingerprint density at radius 2 is 2.00 bits per heavy atom. The molecule has 0 radical (unpaired) electrons. The number of aryl methyl sites for hydroxylation is 1. The number of rotatable bonds is 7. The van der Waals surface area contributed by atoms with Crippen molar-refractivity contribution >= 4 is 0 Å². The van der Waals surface area contributed by atoms with E-state index in [1.165, 1.54) is 11.1 Å². The van der Waals surface area contributed by atoms with E-state index in [2.05, 4.69) is 48.6 Å². The smallest absolute Gasteiger partial charge is 0.231 e. The van der Waals surface area contributed by atoms with Crippen LogP contribution in [0.15, 0.2) is 42.5 Å². The molecule has 1 aliphatic heterocycles. The van der Waals surface area contributed by atoms with Gasteiger partial charge in [0.2, 0.25) is 6.79 Å². The van der Waals surface area contributed by atoms with Gasteiger partial charge < -0.3 is 14.8 Å². The first-order chi connectivity index (χ1) is 11.8. The predicted octanol–water partition coefficient (Wildman–Crippen LogP) is 4.25. The molecule has 2 aromatic rings. The molecule has 2 aromatic carbocycles. The fourth-order valence-corrected chi connectivity index (χ4v) is 2.93. The van der Waals surface area contributed by atoms with Crippen LogP contribution in [0.3, 0.4) is 0 Å². The molecule has 0 fully saturated rings. The van der Waals surface area contributed by atoms with Gasteiger partial charge in [-0.3, -0.25) is 0 Å². The van der Waals surface area contributed by atoms with Crippen molar-refractivity contribution in [3.63, 3.8) is 0 Å². The highest BCUT2D eigenvalue weighted by atomic mass is 16.7. The molecule has 0 saturated heterocycles. The van der Waals surface area contributed by atoms with Crippen LogP contribution in [0.2, 0.25) is 0 Å². The summed E-state index contributed by atoms with van der Waals surface area (Å²) in [7, 11) is 0. The summed E-state index contributed by atoms with van der Waals surface area (Å²) in [5, 5.41) is 12.4. The zero-order valence-corrected chi connectivity index (χ0v) is 13.9. The minimum Gasteiger partial charge on any atom is -0.454 e. The van der Waals surface area contributed by atoms with Crippen LogP contribution in [0.5, 0.6) is 11.5 Å². The van der Waals surface area contributed by atoms with Crippen molar-refractivity contribution in [3.8, 4) is 17.6 Å². The standard InChI is InChI=1S/C20H22N2O2/c1-15-8-10-16(11-9-15)18(6-2-3-12-21)22-13-17-5-4-7-19-20(17)24-14-23-19/h4-5,7-11,18,22H,2-3,6,13-14H2,1H3/t18-/m1/s1. The van der Waals surface area contributed by atoms with Gasteiger partial charge in [0.15, 0.2) is 11.5 Å². The van der Waals surface area contributed by atoms with Gasteiger partial charge in [-0.2, -0.15) is 5.26 Å². The third kappa shape index (κ3) is 3.87. The summed E-state index contributed by atoms with van der Waals surface area (Å²) in [6.45, 7) is 3.08. The molecule has 1 heterocycles. The van der Waals surface area contributed by atoms with Crippen molar-refractivity contribution in [2.45, 2.75) is 38.8 Å². The zero-order valence-electron chi connectivity index (χ0n) is 13.9. The first-order valence-corrected chi connectivity index (χ1v) is 8.32. The maximum absolute atomic E-state index is 8.80. The molecule has 0 amide bonds. The van der Waals surface area contributed by atoms with Gasteiger partial charge in [-0.05, 0) is 31.4 Å². The molecule has 0 aromatic heterocycles. The number of ether oxygens (including phenoxy) is 2. The van der Waals surface area contributed by atoms with Crippen molar-refractivity contribution in [2.24, 2.45) is 0 Å². The Kier molecular flexibility index (Phi) is 5.35. The molecule has 4 heteroatoms. The third-order valence-corrected chi connectivity index (χ3v) is 4.28. The van der Waals surface area contributed by atoms with E-state index < -0.39 is 0 Å². The van der Waals surface area contributed by atoms with Gasteiger partial charge in [0.25, 0.3) is 0 Å². The van der Waals surface area contributed by atoms with E-state index in [1.807, 2.05) is 12.1 Å². The fourth-order valence-electron chi connectivity index (χ4n) is 2.93. The highest BCUT2D eigenvalue weighted by Crippen LogP contribution is 2.35. The lowest BCUT2D eigenvalue weighted by Crippen LogP contribution is -2.21. The zero-order chi connectivity index (χ0) is 16.8. The molecule has 3 rings (SSSR count). The van der Waals surface area contributed by atoms with Crippen molar-refractivity contribution in [3.05, 3.63) is 59.2 Å². The molecule has 1 aliphatic rings. The van der Waals surface area contributed by atoms with Gasteiger partial charge in [0, 0.05) is 24.6 Å². The summed E-state index contributed by atoms with van der Waals surface area (Å²) in [6, 6.07) is 17.0. The van der Waals surface area contributed by atoms with Crippen molar-refractivity contribution in [2.75, 3.05) is 6.79 Å². The quantitative estimate of drug-likeness (QED) is 0.774. The molecule has 4 nitrogen and oxygen atoms in total. The Hall–Kier alpha value is -2.51. The SMILES string of the molecule is Cc1ccc([C@@H](CCCC#N)NCc2cccc3c2OCO3)cc1. The molecule has 0 unspecified atom stereocenters. The molecule has 0 aliphatic carbocycles. The number of nitriles is 1. The Morgan fingerprint density at radius 1 is 1.17 bits per heavy atom. The minimum absolute atomic E-state index is 0.220. The molecule has 0 bridgehead atoms. The van der Waals surface area contributed by atoms with Gasteiger partial charge in [-0.25, -0.2) is 0 Å². The van der Waals surface area contributed by atoms with Gasteiger partial charge in [0.1, 0.15) is 0 Å². The van der Waals surface area contributed by atoms with E-state index in [0.717, 1.165) is 29.9 Å². The van der Waals surface area contributed by atoms with E-state index in [1.54, 1.807) is 0 Å². The highest BCUT2D eigenvalue weighted by Gasteiger charge is 2.18. The van der Waals surface area contributed by atoms with Crippen LogP contribution in [-0.2, 0) is 6.54 Å². The summed E-state index contributed by atoms with van der Waals surface area (Å²) in [4.78, 5) is 0. The largest absolute Gasteiger partial charge is 0.454 e. The average Bonchev–Trinajstić information content (AvgIpc) is 3.08. The van der Waals surface area contributed by atoms with E-state index in [9.17, 15) is 0 Å². The van der Waals surface area contributed by atoms with E-state index >= 15 is 0 Å². The molecule has 124 valence electrons. The summed E-state index contributed by atoms with van der Waals surface area (Å²) < 4.78 is 11.0. The Bertz CT molecular complexity index is 719. The Morgan fingerprint density at radius 3 is 2.79 bits per heavy atom.